The summed E-state index contributed by atoms with van der Waals surface area (Å²) in [6, 6.07) is 17.1. The lowest BCUT2D eigenvalue weighted by atomic mass is 10.1. The van der Waals surface area contributed by atoms with Gasteiger partial charge in [0, 0.05) is 18.7 Å². The molecule has 3 rings (SSSR count). The highest BCUT2D eigenvalue weighted by atomic mass is 16.1. The van der Waals surface area contributed by atoms with Gasteiger partial charge in [0.15, 0.2) is 0 Å². The summed E-state index contributed by atoms with van der Waals surface area (Å²) in [5.74, 6) is 0.0832. The number of nitrogens with one attached hydrogen (secondary N) is 1. The number of unbranched alkanes of at least 4 members (excludes halogenated alkanes) is 2. The van der Waals surface area contributed by atoms with Gasteiger partial charge in [-0.25, -0.2) is 0 Å². The van der Waals surface area contributed by atoms with E-state index in [1.807, 2.05) is 12.1 Å². The van der Waals surface area contributed by atoms with Gasteiger partial charge in [0.05, 0.1) is 0 Å². The van der Waals surface area contributed by atoms with Gasteiger partial charge in [-0.1, -0.05) is 56.2 Å². The standard InChI is InChI=1S/C25H34N2O/c1-2-3-4-7-21-12-15-24(16-13-21)26-25(28)17-14-22-8-10-23(11-9-22)20-27-18-5-6-19-27/h8-13,15-16H,2-7,14,17-20H2,1H3,(H,26,28). The monoisotopic (exact) mass is 378 g/mol. The number of carbonyl (C=O) groups excluding carboxylic acids is 1. The molecule has 1 amide bonds. The molecule has 0 spiro atoms. The van der Waals surface area contributed by atoms with Crippen molar-refractivity contribution in [1.82, 2.24) is 4.90 Å². The Morgan fingerprint density at radius 2 is 1.46 bits per heavy atom. The highest BCUT2D eigenvalue weighted by molar-refractivity contribution is 5.90. The van der Waals surface area contributed by atoms with Crippen LogP contribution in [0, 0.1) is 0 Å². The molecule has 0 aliphatic carbocycles. The summed E-state index contributed by atoms with van der Waals surface area (Å²) in [7, 11) is 0. The van der Waals surface area contributed by atoms with Crippen molar-refractivity contribution in [2.75, 3.05) is 18.4 Å². The fourth-order valence-corrected chi connectivity index (χ4v) is 3.83. The van der Waals surface area contributed by atoms with Crippen LogP contribution < -0.4 is 5.32 Å². The smallest absolute Gasteiger partial charge is 0.224 e. The van der Waals surface area contributed by atoms with Crippen LogP contribution in [0.25, 0.3) is 0 Å². The highest BCUT2D eigenvalue weighted by Crippen LogP contribution is 2.15. The van der Waals surface area contributed by atoms with Crippen LogP contribution in [0.4, 0.5) is 5.69 Å². The molecular formula is C25H34N2O. The number of hydrogen-bond donors (Lipinski definition) is 1. The maximum atomic E-state index is 12.3. The van der Waals surface area contributed by atoms with E-state index in [1.54, 1.807) is 0 Å². The zero-order valence-electron chi connectivity index (χ0n) is 17.3. The molecule has 1 aliphatic rings. The van der Waals surface area contributed by atoms with E-state index in [-0.39, 0.29) is 5.91 Å². The van der Waals surface area contributed by atoms with Gasteiger partial charge in [0.25, 0.3) is 0 Å². The molecule has 0 radical (unpaired) electrons. The first-order valence-electron chi connectivity index (χ1n) is 10.9. The van der Waals surface area contributed by atoms with Gasteiger partial charge < -0.3 is 5.32 Å². The van der Waals surface area contributed by atoms with Crippen LogP contribution in [0.2, 0.25) is 0 Å². The molecule has 1 aliphatic heterocycles. The van der Waals surface area contributed by atoms with Crippen molar-refractivity contribution in [1.29, 1.82) is 0 Å². The van der Waals surface area contributed by atoms with Crippen LogP contribution in [0.15, 0.2) is 48.5 Å². The lowest BCUT2D eigenvalue weighted by Crippen LogP contribution is -2.18. The van der Waals surface area contributed by atoms with Gasteiger partial charge in [-0.15, -0.1) is 0 Å². The van der Waals surface area contributed by atoms with Gasteiger partial charge in [-0.05, 0) is 74.0 Å². The number of nitrogens with zero attached hydrogens (tertiary/aromatic N) is 1. The molecule has 2 aromatic rings. The first kappa shape index (κ1) is 20.6. The highest BCUT2D eigenvalue weighted by Gasteiger charge is 2.11. The number of hydrogen-bond acceptors (Lipinski definition) is 2. The van der Waals surface area contributed by atoms with Crippen molar-refractivity contribution >= 4 is 11.6 Å². The predicted molar refractivity (Wildman–Crippen MR) is 118 cm³/mol. The molecule has 0 bridgehead atoms. The first-order valence-corrected chi connectivity index (χ1v) is 10.9. The summed E-state index contributed by atoms with van der Waals surface area (Å²) < 4.78 is 0. The molecule has 1 saturated heterocycles. The van der Waals surface area contributed by atoms with Crippen molar-refractivity contribution in [3.05, 3.63) is 65.2 Å². The van der Waals surface area contributed by atoms with Gasteiger partial charge >= 0.3 is 0 Å². The van der Waals surface area contributed by atoms with Gasteiger partial charge in [0.2, 0.25) is 5.91 Å². The second kappa shape index (κ2) is 11.0. The molecule has 150 valence electrons. The fraction of sp³-hybridized carbons (Fsp3) is 0.480. The SMILES string of the molecule is CCCCCc1ccc(NC(=O)CCc2ccc(CN3CCCC3)cc2)cc1. The predicted octanol–water partition coefficient (Wildman–Crippen LogP) is 5.59. The molecule has 3 heteroatoms. The first-order chi connectivity index (χ1) is 13.7. The van der Waals surface area contributed by atoms with Gasteiger partial charge in [-0.2, -0.15) is 0 Å². The van der Waals surface area contributed by atoms with Crippen LogP contribution in [0.1, 0.15) is 62.1 Å². The molecule has 0 unspecified atom stereocenters. The Bertz CT molecular complexity index is 715. The maximum Gasteiger partial charge on any atom is 0.224 e. The third kappa shape index (κ3) is 6.79. The summed E-state index contributed by atoms with van der Waals surface area (Å²) in [6.45, 7) is 5.72. The van der Waals surface area contributed by atoms with Crippen molar-refractivity contribution < 1.29 is 4.79 Å². The van der Waals surface area contributed by atoms with E-state index in [4.69, 9.17) is 0 Å². The molecular weight excluding hydrogens is 344 g/mol. The van der Waals surface area contributed by atoms with E-state index < -0.39 is 0 Å². The summed E-state index contributed by atoms with van der Waals surface area (Å²) in [4.78, 5) is 14.8. The van der Waals surface area contributed by atoms with Crippen LogP contribution >= 0.6 is 0 Å². The van der Waals surface area contributed by atoms with Gasteiger partial charge in [-0.3, -0.25) is 9.69 Å². The second-order valence-corrected chi connectivity index (χ2v) is 8.00. The topological polar surface area (TPSA) is 32.3 Å². The number of benzene rings is 2. The number of aryl methyl sites for hydroxylation is 2. The maximum absolute atomic E-state index is 12.3. The normalized spacial score (nSPS) is 14.3. The quantitative estimate of drug-likeness (QED) is 0.547. The van der Waals surface area contributed by atoms with Crippen molar-refractivity contribution in [3.8, 4) is 0 Å². The minimum absolute atomic E-state index is 0.0832. The largest absolute Gasteiger partial charge is 0.326 e. The molecule has 2 aromatic carbocycles. The Hall–Kier alpha value is -2.13. The van der Waals surface area contributed by atoms with Crippen molar-refractivity contribution in [2.24, 2.45) is 0 Å². The van der Waals surface area contributed by atoms with E-state index in [1.165, 1.54) is 61.9 Å². The fourth-order valence-electron chi connectivity index (χ4n) is 3.83. The minimum atomic E-state index is 0.0832. The molecule has 0 atom stereocenters. The molecule has 1 fully saturated rings. The van der Waals surface area contributed by atoms with Crippen LogP contribution in [-0.4, -0.2) is 23.9 Å². The Balaban J connectivity index is 1.40. The lowest BCUT2D eigenvalue weighted by molar-refractivity contribution is -0.116. The zero-order valence-corrected chi connectivity index (χ0v) is 17.3. The third-order valence-electron chi connectivity index (χ3n) is 5.58. The Morgan fingerprint density at radius 1 is 0.857 bits per heavy atom. The van der Waals surface area contributed by atoms with E-state index in [9.17, 15) is 4.79 Å². The molecule has 0 aromatic heterocycles. The minimum Gasteiger partial charge on any atom is -0.326 e. The van der Waals surface area contributed by atoms with Crippen molar-refractivity contribution in [2.45, 2.75) is 64.8 Å². The van der Waals surface area contributed by atoms with Gasteiger partial charge in [0.1, 0.15) is 0 Å². The lowest BCUT2D eigenvalue weighted by Gasteiger charge is -2.14. The zero-order chi connectivity index (χ0) is 19.6. The Kier molecular flexibility index (Phi) is 8.10. The summed E-state index contributed by atoms with van der Waals surface area (Å²) >= 11 is 0. The summed E-state index contributed by atoms with van der Waals surface area (Å²) in [6.07, 6.45) is 8.83. The summed E-state index contributed by atoms with van der Waals surface area (Å²) in [5, 5.41) is 3.02. The number of anilines is 1. The van der Waals surface area contributed by atoms with E-state index in [0.29, 0.717) is 6.42 Å². The third-order valence-corrected chi connectivity index (χ3v) is 5.58. The van der Waals surface area contributed by atoms with E-state index >= 15 is 0 Å². The molecule has 1 N–H and O–H groups in total. The molecule has 1 heterocycles. The molecule has 28 heavy (non-hydrogen) atoms. The number of carbonyl (C=O) groups is 1. The summed E-state index contributed by atoms with van der Waals surface area (Å²) in [5.41, 5.74) is 4.84. The second-order valence-electron chi connectivity index (χ2n) is 8.00. The van der Waals surface area contributed by atoms with E-state index in [0.717, 1.165) is 25.1 Å². The molecule has 0 saturated carbocycles. The average Bonchev–Trinajstić information content (AvgIpc) is 3.22. The van der Waals surface area contributed by atoms with Crippen molar-refractivity contribution in [3.63, 3.8) is 0 Å². The van der Waals surface area contributed by atoms with Crippen LogP contribution in [0.3, 0.4) is 0 Å². The van der Waals surface area contributed by atoms with E-state index in [2.05, 4.69) is 53.5 Å². The number of likely N-dealkylation sites (tertiary alicyclic amines) is 1. The Labute approximate surface area is 170 Å². The average molecular weight is 379 g/mol. The number of rotatable bonds is 10. The van der Waals surface area contributed by atoms with Crippen LogP contribution in [-0.2, 0) is 24.2 Å². The number of amides is 1. The molecule has 3 nitrogen and oxygen atoms in total. The Morgan fingerprint density at radius 3 is 2.14 bits per heavy atom. The van der Waals surface area contributed by atoms with Crippen LogP contribution in [0.5, 0.6) is 0 Å².